The summed E-state index contributed by atoms with van der Waals surface area (Å²) in [5.41, 5.74) is 12.8. The first-order valence-corrected chi connectivity index (χ1v) is 8.31. The number of nitro groups is 1. The maximum absolute atomic E-state index is 11.2. The lowest BCUT2D eigenvalue weighted by Gasteiger charge is -2.13. The van der Waals surface area contributed by atoms with Crippen molar-refractivity contribution in [1.29, 1.82) is 5.26 Å². The fourth-order valence-electron chi connectivity index (χ4n) is 2.74. The van der Waals surface area contributed by atoms with Crippen LogP contribution in [0.1, 0.15) is 11.1 Å². The lowest BCUT2D eigenvalue weighted by Crippen LogP contribution is -2.06. The van der Waals surface area contributed by atoms with E-state index in [0.717, 1.165) is 0 Å². The average molecular weight is 392 g/mol. The summed E-state index contributed by atoms with van der Waals surface area (Å²) in [5.74, 6) is 0.535. The van der Waals surface area contributed by atoms with E-state index in [1.54, 1.807) is 30.3 Å². The molecular formula is C19H16N6O4. The number of hydrogen-bond acceptors (Lipinski definition) is 9. The van der Waals surface area contributed by atoms with Crippen molar-refractivity contribution in [2.75, 3.05) is 18.6 Å². The minimum Gasteiger partial charge on any atom is -0.496 e. The largest absolute Gasteiger partial charge is 0.496 e. The van der Waals surface area contributed by atoms with Crippen LogP contribution in [0.3, 0.4) is 0 Å². The summed E-state index contributed by atoms with van der Waals surface area (Å²) >= 11 is 0. The quantitative estimate of drug-likeness (QED) is 0.474. The summed E-state index contributed by atoms with van der Waals surface area (Å²) in [4.78, 5) is 18.6. The third-order valence-corrected chi connectivity index (χ3v) is 4.07. The lowest BCUT2D eigenvalue weighted by molar-refractivity contribution is -0.385. The van der Waals surface area contributed by atoms with Crippen LogP contribution in [-0.4, -0.2) is 22.0 Å². The zero-order valence-electron chi connectivity index (χ0n) is 15.3. The Bertz CT molecular complexity index is 1130. The number of para-hydroxylation sites is 2. The summed E-state index contributed by atoms with van der Waals surface area (Å²) < 4.78 is 11.0. The van der Waals surface area contributed by atoms with Gasteiger partial charge in [0.25, 0.3) is 0 Å². The van der Waals surface area contributed by atoms with Gasteiger partial charge in [0.2, 0.25) is 5.95 Å². The molecule has 4 N–H and O–H groups in total. The molecule has 0 fully saturated rings. The maximum Gasteiger partial charge on any atom is 0.310 e. The molecule has 0 radical (unpaired) electrons. The Kier molecular flexibility index (Phi) is 5.41. The van der Waals surface area contributed by atoms with E-state index in [0.29, 0.717) is 16.9 Å². The van der Waals surface area contributed by atoms with E-state index in [1.165, 1.54) is 19.2 Å². The van der Waals surface area contributed by atoms with Gasteiger partial charge < -0.3 is 20.9 Å². The van der Waals surface area contributed by atoms with Crippen LogP contribution < -0.4 is 20.9 Å². The highest BCUT2D eigenvalue weighted by atomic mass is 16.6. The van der Waals surface area contributed by atoms with Crippen molar-refractivity contribution in [3.8, 4) is 28.8 Å². The van der Waals surface area contributed by atoms with Crippen LogP contribution in [0.2, 0.25) is 0 Å². The van der Waals surface area contributed by atoms with Crippen molar-refractivity contribution < 1.29 is 14.4 Å². The topological polar surface area (TPSA) is 163 Å². The number of nitrogens with zero attached hydrogens (tertiary/aromatic N) is 4. The number of aromatic nitrogens is 2. The molecule has 0 aliphatic rings. The minimum absolute atomic E-state index is 0.0141. The molecule has 0 aliphatic carbocycles. The van der Waals surface area contributed by atoms with Crippen LogP contribution in [0, 0.1) is 21.4 Å². The predicted molar refractivity (Wildman–Crippen MR) is 105 cm³/mol. The molecule has 2 aromatic carbocycles. The van der Waals surface area contributed by atoms with Gasteiger partial charge >= 0.3 is 5.69 Å². The van der Waals surface area contributed by atoms with E-state index in [1.807, 2.05) is 6.07 Å². The van der Waals surface area contributed by atoms with Gasteiger partial charge in [-0.25, -0.2) is 4.98 Å². The Morgan fingerprint density at radius 1 is 1.17 bits per heavy atom. The van der Waals surface area contributed by atoms with Gasteiger partial charge in [-0.05, 0) is 24.3 Å². The van der Waals surface area contributed by atoms with Gasteiger partial charge in [-0.3, -0.25) is 10.1 Å². The molecule has 0 saturated carbocycles. The molecule has 3 aromatic rings. The molecule has 0 unspecified atom stereocenters. The second kappa shape index (κ2) is 8.10. The number of nitrogen functional groups attached to an aromatic ring is 2. The van der Waals surface area contributed by atoms with Crippen LogP contribution in [-0.2, 0) is 6.61 Å². The molecule has 0 spiro atoms. The maximum atomic E-state index is 11.2. The van der Waals surface area contributed by atoms with Crippen LogP contribution in [0.25, 0.3) is 11.3 Å². The zero-order chi connectivity index (χ0) is 21.0. The van der Waals surface area contributed by atoms with Gasteiger partial charge in [0.15, 0.2) is 5.75 Å². The molecule has 0 amide bonds. The molecular weight excluding hydrogens is 376 g/mol. The molecule has 3 rings (SSSR count). The summed E-state index contributed by atoms with van der Waals surface area (Å²) in [7, 11) is 1.49. The van der Waals surface area contributed by atoms with Crippen molar-refractivity contribution in [2.45, 2.75) is 6.61 Å². The van der Waals surface area contributed by atoms with E-state index in [-0.39, 0.29) is 41.1 Å². The van der Waals surface area contributed by atoms with Crippen LogP contribution in [0.4, 0.5) is 17.5 Å². The Morgan fingerprint density at radius 2 is 1.93 bits per heavy atom. The molecule has 0 bridgehead atoms. The molecule has 0 atom stereocenters. The summed E-state index contributed by atoms with van der Waals surface area (Å²) in [6.07, 6.45) is 0. The molecule has 10 nitrogen and oxygen atoms in total. The predicted octanol–water partition coefficient (Wildman–Crippen LogP) is 2.68. The van der Waals surface area contributed by atoms with E-state index in [9.17, 15) is 15.4 Å². The van der Waals surface area contributed by atoms with E-state index in [2.05, 4.69) is 9.97 Å². The number of rotatable bonds is 6. The van der Waals surface area contributed by atoms with Crippen molar-refractivity contribution in [2.24, 2.45) is 0 Å². The molecule has 0 aliphatic heterocycles. The summed E-state index contributed by atoms with van der Waals surface area (Å²) in [6.45, 7) is -0.0141. The lowest BCUT2D eigenvalue weighted by atomic mass is 10.0. The number of methoxy groups -OCH3 is 1. The van der Waals surface area contributed by atoms with Crippen molar-refractivity contribution >= 4 is 17.5 Å². The van der Waals surface area contributed by atoms with Gasteiger partial charge in [0, 0.05) is 17.2 Å². The van der Waals surface area contributed by atoms with E-state index < -0.39 is 4.92 Å². The molecule has 146 valence electrons. The third-order valence-electron chi connectivity index (χ3n) is 4.07. The number of nitro benzene ring substituents is 1. The molecule has 0 saturated heterocycles. The zero-order valence-corrected chi connectivity index (χ0v) is 15.3. The van der Waals surface area contributed by atoms with Crippen molar-refractivity contribution in [3.63, 3.8) is 0 Å². The third kappa shape index (κ3) is 3.98. The van der Waals surface area contributed by atoms with E-state index >= 15 is 0 Å². The normalized spacial score (nSPS) is 10.2. The Morgan fingerprint density at radius 3 is 2.62 bits per heavy atom. The monoisotopic (exact) mass is 392 g/mol. The van der Waals surface area contributed by atoms with Crippen molar-refractivity contribution in [3.05, 3.63) is 63.7 Å². The smallest absolute Gasteiger partial charge is 0.310 e. The molecule has 1 aromatic heterocycles. The van der Waals surface area contributed by atoms with Crippen LogP contribution >= 0.6 is 0 Å². The molecule has 29 heavy (non-hydrogen) atoms. The number of nitriles is 1. The summed E-state index contributed by atoms with van der Waals surface area (Å²) in [5, 5.41) is 20.6. The van der Waals surface area contributed by atoms with Gasteiger partial charge in [0.05, 0.1) is 17.7 Å². The number of hydrogen-bond donors (Lipinski definition) is 2. The number of nitrogens with two attached hydrogens (primary N) is 2. The first-order valence-electron chi connectivity index (χ1n) is 8.31. The Labute approximate surface area is 165 Å². The fraction of sp³-hybridized carbons (Fsp3) is 0.105. The standard InChI is InChI=1S/C19H16N6O4/c1-28-15-7-6-11(17-13(9-20)18(21)24-19(22)23-17)8-12(15)10-29-16-5-3-2-4-14(16)25(26)27/h2-8H,10H2,1H3,(H4,21,22,23,24). The number of ether oxygens (including phenoxy) is 2. The van der Waals surface area contributed by atoms with Gasteiger partial charge in [0.1, 0.15) is 29.8 Å². The summed E-state index contributed by atoms with van der Waals surface area (Å²) in [6, 6.07) is 13.1. The number of benzene rings is 2. The van der Waals surface area contributed by atoms with Gasteiger partial charge in [-0.2, -0.15) is 10.2 Å². The van der Waals surface area contributed by atoms with Crippen molar-refractivity contribution in [1.82, 2.24) is 9.97 Å². The number of anilines is 2. The molecule has 1 heterocycles. The second-order valence-corrected chi connectivity index (χ2v) is 5.84. The van der Waals surface area contributed by atoms with Crippen LogP contribution in [0.5, 0.6) is 11.5 Å². The molecule has 10 heteroatoms. The highest BCUT2D eigenvalue weighted by molar-refractivity contribution is 5.74. The fourth-order valence-corrected chi connectivity index (χ4v) is 2.74. The van der Waals surface area contributed by atoms with E-state index in [4.69, 9.17) is 20.9 Å². The Balaban J connectivity index is 2.00. The first kappa shape index (κ1) is 19.4. The highest BCUT2D eigenvalue weighted by Gasteiger charge is 2.17. The van der Waals surface area contributed by atoms with Gasteiger partial charge in [-0.1, -0.05) is 12.1 Å². The van der Waals surface area contributed by atoms with Crippen LogP contribution in [0.15, 0.2) is 42.5 Å². The highest BCUT2D eigenvalue weighted by Crippen LogP contribution is 2.32. The van der Waals surface area contributed by atoms with Gasteiger partial charge in [-0.15, -0.1) is 0 Å². The average Bonchev–Trinajstić information content (AvgIpc) is 2.71. The SMILES string of the molecule is COc1ccc(-c2nc(N)nc(N)c2C#N)cc1COc1ccccc1[N+](=O)[O-]. The second-order valence-electron chi connectivity index (χ2n) is 5.84. The minimum atomic E-state index is -0.519. The Hall–Kier alpha value is -4.39. The first-order chi connectivity index (χ1) is 13.9.